The van der Waals surface area contributed by atoms with Crippen molar-refractivity contribution in [2.45, 2.75) is 38.7 Å². The highest BCUT2D eigenvalue weighted by molar-refractivity contribution is 6.05. The van der Waals surface area contributed by atoms with Gasteiger partial charge in [-0.2, -0.15) is 5.26 Å². The van der Waals surface area contributed by atoms with Gasteiger partial charge in [-0.3, -0.25) is 19.3 Å². The summed E-state index contributed by atoms with van der Waals surface area (Å²) in [5, 5.41) is 8.75. The van der Waals surface area contributed by atoms with Gasteiger partial charge < -0.3 is 4.74 Å². The maximum atomic E-state index is 12.3. The van der Waals surface area contributed by atoms with Crippen molar-refractivity contribution in [2.24, 2.45) is 11.8 Å². The van der Waals surface area contributed by atoms with Gasteiger partial charge in [0.2, 0.25) is 11.8 Å². The van der Waals surface area contributed by atoms with Gasteiger partial charge in [0.05, 0.1) is 29.9 Å². The van der Waals surface area contributed by atoms with Crippen molar-refractivity contribution in [3.63, 3.8) is 0 Å². The lowest BCUT2D eigenvalue weighted by atomic mass is 9.81. The molecule has 1 aromatic carbocycles. The number of rotatable bonds is 5. The highest BCUT2D eigenvalue weighted by Crippen LogP contribution is 2.37. The predicted molar refractivity (Wildman–Crippen MR) is 87.7 cm³/mol. The lowest BCUT2D eigenvalue weighted by molar-refractivity contribution is -0.146. The van der Waals surface area contributed by atoms with Gasteiger partial charge in [0.25, 0.3) is 0 Å². The van der Waals surface area contributed by atoms with E-state index in [1.165, 1.54) is 4.90 Å². The number of nitriles is 1. The average molecular weight is 340 g/mol. The molecule has 0 bridgehead atoms. The van der Waals surface area contributed by atoms with Crippen LogP contribution < -0.4 is 0 Å². The number of hydrogen-bond acceptors (Lipinski definition) is 5. The first-order chi connectivity index (χ1) is 12.1. The van der Waals surface area contributed by atoms with Gasteiger partial charge in [0.1, 0.15) is 6.61 Å². The molecular weight excluding hydrogens is 320 g/mol. The van der Waals surface area contributed by atoms with Crippen LogP contribution in [0.1, 0.15) is 43.2 Å². The van der Waals surface area contributed by atoms with Crippen LogP contribution in [-0.2, 0) is 25.7 Å². The summed E-state index contributed by atoms with van der Waals surface area (Å²) in [5.74, 6) is -1.07. The van der Waals surface area contributed by atoms with Crippen molar-refractivity contribution in [2.75, 3.05) is 6.54 Å². The van der Waals surface area contributed by atoms with Crippen LogP contribution in [0, 0.1) is 23.2 Å². The Morgan fingerprint density at radius 2 is 1.72 bits per heavy atom. The highest BCUT2D eigenvalue weighted by atomic mass is 16.5. The van der Waals surface area contributed by atoms with Gasteiger partial charge in [-0.25, -0.2) is 0 Å². The second-order valence-corrected chi connectivity index (χ2v) is 6.54. The van der Waals surface area contributed by atoms with Crippen LogP contribution in [0.4, 0.5) is 0 Å². The number of ether oxygens (including phenoxy) is 1. The standard InChI is InChI=1S/C19H20N2O4/c20-11-13-5-7-14(8-6-13)12-25-17(22)9-10-21-18(23)15-3-1-2-4-16(15)19(21)24/h5-8,15-16H,1-4,9-10,12H2/t15-,16-/m0/s1. The molecule has 1 saturated heterocycles. The fourth-order valence-corrected chi connectivity index (χ4v) is 3.57. The molecule has 1 aliphatic carbocycles. The summed E-state index contributed by atoms with van der Waals surface area (Å²) in [6.07, 6.45) is 3.53. The molecule has 2 atom stereocenters. The minimum atomic E-state index is -0.445. The number of fused-ring (bicyclic) bond motifs is 1. The van der Waals surface area contributed by atoms with Crippen LogP contribution in [-0.4, -0.2) is 29.2 Å². The molecular formula is C19H20N2O4. The molecule has 0 N–H and O–H groups in total. The molecule has 1 aromatic rings. The van der Waals surface area contributed by atoms with Gasteiger partial charge in [-0.05, 0) is 30.5 Å². The van der Waals surface area contributed by atoms with E-state index in [2.05, 4.69) is 0 Å². The van der Waals surface area contributed by atoms with Crippen molar-refractivity contribution >= 4 is 17.8 Å². The number of esters is 1. The fourth-order valence-electron chi connectivity index (χ4n) is 3.57. The molecule has 2 aliphatic rings. The van der Waals surface area contributed by atoms with Crippen LogP contribution >= 0.6 is 0 Å². The Bertz CT molecular complexity index is 696. The van der Waals surface area contributed by atoms with E-state index in [9.17, 15) is 14.4 Å². The van der Waals surface area contributed by atoms with Crippen molar-refractivity contribution in [3.8, 4) is 6.07 Å². The smallest absolute Gasteiger partial charge is 0.307 e. The molecule has 3 rings (SSSR count). The molecule has 130 valence electrons. The highest BCUT2D eigenvalue weighted by Gasteiger charge is 2.47. The zero-order valence-corrected chi connectivity index (χ0v) is 13.9. The molecule has 6 heteroatoms. The first kappa shape index (κ1) is 17.2. The first-order valence-corrected chi connectivity index (χ1v) is 8.60. The second kappa shape index (κ2) is 7.47. The Morgan fingerprint density at radius 1 is 1.12 bits per heavy atom. The molecule has 0 unspecified atom stereocenters. The summed E-state index contributed by atoms with van der Waals surface area (Å²) < 4.78 is 5.18. The average Bonchev–Trinajstić information content (AvgIpc) is 2.89. The zero-order valence-electron chi connectivity index (χ0n) is 13.9. The van der Waals surface area contributed by atoms with Crippen molar-refractivity contribution in [1.82, 2.24) is 4.90 Å². The Hall–Kier alpha value is -2.68. The van der Waals surface area contributed by atoms with E-state index in [1.807, 2.05) is 6.07 Å². The summed E-state index contributed by atoms with van der Waals surface area (Å²) >= 11 is 0. The van der Waals surface area contributed by atoms with E-state index >= 15 is 0 Å². The topological polar surface area (TPSA) is 87.5 Å². The van der Waals surface area contributed by atoms with E-state index in [0.717, 1.165) is 31.2 Å². The first-order valence-electron chi connectivity index (χ1n) is 8.60. The molecule has 2 amide bonds. The quantitative estimate of drug-likeness (QED) is 0.605. The third kappa shape index (κ3) is 3.71. The third-order valence-corrected chi connectivity index (χ3v) is 4.95. The summed E-state index contributed by atoms with van der Waals surface area (Å²) in [6, 6.07) is 8.79. The minimum Gasteiger partial charge on any atom is -0.461 e. The van der Waals surface area contributed by atoms with Crippen LogP contribution in [0.2, 0.25) is 0 Å². The van der Waals surface area contributed by atoms with Gasteiger partial charge in [-0.15, -0.1) is 0 Å². The van der Waals surface area contributed by atoms with E-state index < -0.39 is 5.97 Å². The second-order valence-electron chi connectivity index (χ2n) is 6.54. The Morgan fingerprint density at radius 3 is 2.28 bits per heavy atom. The minimum absolute atomic E-state index is 0.00714. The van der Waals surface area contributed by atoms with E-state index in [1.54, 1.807) is 24.3 Å². The van der Waals surface area contributed by atoms with Crippen LogP contribution in [0.5, 0.6) is 0 Å². The SMILES string of the molecule is N#Cc1ccc(COC(=O)CCN2C(=O)[C@H]3CCCC[C@@H]3C2=O)cc1. The van der Waals surface area contributed by atoms with E-state index in [4.69, 9.17) is 10.00 Å². The number of imide groups is 1. The van der Waals surface area contributed by atoms with Crippen molar-refractivity contribution < 1.29 is 19.1 Å². The maximum absolute atomic E-state index is 12.3. The molecule has 1 heterocycles. The molecule has 0 spiro atoms. The molecule has 6 nitrogen and oxygen atoms in total. The fraction of sp³-hybridized carbons (Fsp3) is 0.474. The van der Waals surface area contributed by atoms with Gasteiger partial charge in [0, 0.05) is 6.54 Å². The number of nitrogens with zero attached hydrogens (tertiary/aromatic N) is 2. The van der Waals surface area contributed by atoms with Crippen LogP contribution in [0.15, 0.2) is 24.3 Å². The van der Waals surface area contributed by atoms with E-state index in [0.29, 0.717) is 5.56 Å². The number of hydrogen-bond donors (Lipinski definition) is 0. The summed E-state index contributed by atoms with van der Waals surface area (Å²) in [5.41, 5.74) is 1.33. The molecule has 25 heavy (non-hydrogen) atoms. The number of amides is 2. The molecule has 2 fully saturated rings. The maximum Gasteiger partial charge on any atom is 0.307 e. The predicted octanol–water partition coefficient (Wildman–Crippen LogP) is 2.17. The van der Waals surface area contributed by atoms with E-state index in [-0.39, 0.29) is 43.2 Å². The van der Waals surface area contributed by atoms with Gasteiger partial charge in [0.15, 0.2) is 0 Å². The van der Waals surface area contributed by atoms with Crippen LogP contribution in [0.25, 0.3) is 0 Å². The van der Waals surface area contributed by atoms with Gasteiger partial charge >= 0.3 is 5.97 Å². The molecule has 0 radical (unpaired) electrons. The molecule has 1 aliphatic heterocycles. The monoisotopic (exact) mass is 340 g/mol. The third-order valence-electron chi connectivity index (χ3n) is 4.95. The molecule has 1 saturated carbocycles. The Balaban J connectivity index is 1.48. The zero-order chi connectivity index (χ0) is 17.8. The van der Waals surface area contributed by atoms with Crippen molar-refractivity contribution in [3.05, 3.63) is 35.4 Å². The number of likely N-dealkylation sites (tertiary alicyclic amines) is 1. The summed E-state index contributed by atoms with van der Waals surface area (Å²) in [7, 11) is 0. The van der Waals surface area contributed by atoms with Crippen molar-refractivity contribution in [1.29, 1.82) is 5.26 Å². The van der Waals surface area contributed by atoms with Gasteiger partial charge in [-0.1, -0.05) is 25.0 Å². The largest absolute Gasteiger partial charge is 0.461 e. The normalized spacial score (nSPS) is 22.4. The summed E-state index contributed by atoms with van der Waals surface area (Å²) in [6.45, 7) is 0.203. The Labute approximate surface area is 146 Å². The van der Waals surface area contributed by atoms with Crippen LogP contribution in [0.3, 0.4) is 0 Å². The Kier molecular flexibility index (Phi) is 5.13. The number of carbonyl (C=O) groups is 3. The number of benzene rings is 1. The lowest BCUT2D eigenvalue weighted by Gasteiger charge is -2.19. The lowest BCUT2D eigenvalue weighted by Crippen LogP contribution is -2.33. The molecule has 0 aromatic heterocycles. The number of carbonyl (C=O) groups excluding carboxylic acids is 3. The summed E-state index contributed by atoms with van der Waals surface area (Å²) in [4.78, 5) is 37.8.